The number of rotatable bonds is 2. The van der Waals surface area contributed by atoms with Gasteiger partial charge in [0, 0.05) is 18.2 Å². The Morgan fingerprint density at radius 1 is 1.35 bits per heavy atom. The molecule has 1 fully saturated rings. The number of ether oxygens (including phenoxy) is 1. The Labute approximate surface area is 104 Å². The number of hydrogen-bond acceptors (Lipinski definition) is 2. The molecule has 1 aromatic carbocycles. The lowest BCUT2D eigenvalue weighted by Gasteiger charge is -2.31. The van der Waals surface area contributed by atoms with Crippen LogP contribution in [-0.2, 0) is 4.74 Å². The summed E-state index contributed by atoms with van der Waals surface area (Å²) in [4.78, 5) is 0. The molecule has 1 heterocycles. The van der Waals surface area contributed by atoms with Gasteiger partial charge in [-0.15, -0.1) is 0 Å². The van der Waals surface area contributed by atoms with Crippen molar-refractivity contribution < 1.29 is 4.74 Å². The smallest absolute Gasteiger partial charge is 0.0975 e. The van der Waals surface area contributed by atoms with Crippen molar-refractivity contribution in [2.24, 2.45) is 0 Å². The molecule has 3 atom stereocenters. The average Bonchev–Trinajstić information content (AvgIpc) is 2.50. The third-order valence-corrected chi connectivity index (χ3v) is 3.89. The second-order valence-corrected chi connectivity index (χ2v) is 5.30. The fraction of sp³-hybridized carbons (Fsp3) is 0.600. The van der Waals surface area contributed by atoms with Crippen LogP contribution in [0.3, 0.4) is 0 Å². The highest BCUT2D eigenvalue weighted by molar-refractivity contribution is 5.19. The predicted octanol–water partition coefficient (Wildman–Crippen LogP) is 3.29. The SMILES string of the molecule is CCC1(C)CCOC(c2ccccc2)C(C)N1. The normalized spacial score (nSPS) is 34.3. The van der Waals surface area contributed by atoms with Gasteiger partial charge >= 0.3 is 0 Å². The van der Waals surface area contributed by atoms with Gasteiger partial charge in [-0.25, -0.2) is 0 Å². The van der Waals surface area contributed by atoms with E-state index >= 15 is 0 Å². The molecule has 0 radical (unpaired) electrons. The highest BCUT2D eigenvalue weighted by Crippen LogP contribution is 2.28. The minimum atomic E-state index is 0.171. The maximum Gasteiger partial charge on any atom is 0.0975 e. The van der Waals surface area contributed by atoms with Gasteiger partial charge in [-0.05, 0) is 32.3 Å². The van der Waals surface area contributed by atoms with Crippen molar-refractivity contribution in [3.8, 4) is 0 Å². The molecule has 1 N–H and O–H groups in total. The highest BCUT2D eigenvalue weighted by Gasteiger charge is 2.32. The van der Waals surface area contributed by atoms with Crippen LogP contribution in [0.4, 0.5) is 0 Å². The first kappa shape index (κ1) is 12.6. The van der Waals surface area contributed by atoms with Crippen molar-refractivity contribution in [2.75, 3.05) is 6.61 Å². The van der Waals surface area contributed by atoms with Gasteiger partial charge in [0.05, 0.1) is 6.10 Å². The Hall–Kier alpha value is -0.860. The second-order valence-electron chi connectivity index (χ2n) is 5.30. The topological polar surface area (TPSA) is 21.3 Å². The first-order valence-corrected chi connectivity index (χ1v) is 6.59. The Bertz CT molecular complexity index is 351. The van der Waals surface area contributed by atoms with Crippen LogP contribution in [-0.4, -0.2) is 18.2 Å². The summed E-state index contributed by atoms with van der Waals surface area (Å²) < 4.78 is 6.04. The number of benzene rings is 1. The third kappa shape index (κ3) is 2.88. The zero-order valence-corrected chi connectivity index (χ0v) is 11.1. The standard InChI is InChI=1S/C15H23NO/c1-4-15(3)10-11-17-14(12(2)16-15)13-8-6-5-7-9-13/h5-9,12,14,16H,4,10-11H2,1-3H3. The molecule has 1 aromatic rings. The van der Waals surface area contributed by atoms with Crippen LogP contribution in [0.15, 0.2) is 30.3 Å². The fourth-order valence-corrected chi connectivity index (χ4v) is 2.56. The summed E-state index contributed by atoms with van der Waals surface area (Å²) in [5.74, 6) is 0. The van der Waals surface area contributed by atoms with Crippen molar-refractivity contribution in [3.05, 3.63) is 35.9 Å². The van der Waals surface area contributed by atoms with Gasteiger partial charge in [0.15, 0.2) is 0 Å². The van der Waals surface area contributed by atoms with Crippen molar-refractivity contribution >= 4 is 0 Å². The van der Waals surface area contributed by atoms with Crippen molar-refractivity contribution in [1.82, 2.24) is 5.32 Å². The van der Waals surface area contributed by atoms with Crippen LogP contribution in [0.5, 0.6) is 0 Å². The fourth-order valence-electron chi connectivity index (χ4n) is 2.56. The molecule has 17 heavy (non-hydrogen) atoms. The molecule has 1 saturated heterocycles. The molecule has 2 rings (SSSR count). The van der Waals surface area contributed by atoms with Crippen LogP contribution >= 0.6 is 0 Å². The molecular formula is C15H23NO. The highest BCUT2D eigenvalue weighted by atomic mass is 16.5. The zero-order valence-electron chi connectivity index (χ0n) is 11.1. The lowest BCUT2D eigenvalue weighted by Crippen LogP contribution is -2.47. The van der Waals surface area contributed by atoms with Gasteiger partial charge in [-0.1, -0.05) is 37.3 Å². The van der Waals surface area contributed by atoms with Crippen molar-refractivity contribution in [3.63, 3.8) is 0 Å². The Kier molecular flexibility index (Phi) is 3.85. The molecule has 3 unspecified atom stereocenters. The number of hydrogen-bond donors (Lipinski definition) is 1. The largest absolute Gasteiger partial charge is 0.372 e. The summed E-state index contributed by atoms with van der Waals surface area (Å²) in [5, 5.41) is 3.73. The summed E-state index contributed by atoms with van der Waals surface area (Å²) in [7, 11) is 0. The van der Waals surface area contributed by atoms with E-state index in [2.05, 4.69) is 56.4 Å². The lowest BCUT2D eigenvalue weighted by atomic mass is 9.93. The Morgan fingerprint density at radius 2 is 2.06 bits per heavy atom. The maximum absolute atomic E-state index is 6.04. The summed E-state index contributed by atoms with van der Waals surface area (Å²) in [6, 6.07) is 10.9. The van der Waals surface area contributed by atoms with E-state index in [0.29, 0.717) is 6.04 Å². The molecule has 1 aliphatic rings. The molecular weight excluding hydrogens is 210 g/mol. The molecule has 0 saturated carbocycles. The third-order valence-electron chi connectivity index (χ3n) is 3.89. The van der Waals surface area contributed by atoms with Crippen LogP contribution < -0.4 is 5.32 Å². The average molecular weight is 233 g/mol. The summed E-state index contributed by atoms with van der Waals surface area (Å²) >= 11 is 0. The molecule has 0 spiro atoms. The van der Waals surface area contributed by atoms with Gasteiger partial charge in [-0.3, -0.25) is 0 Å². The monoisotopic (exact) mass is 233 g/mol. The molecule has 0 aliphatic carbocycles. The molecule has 2 heteroatoms. The minimum absolute atomic E-state index is 0.171. The van der Waals surface area contributed by atoms with E-state index in [1.54, 1.807) is 0 Å². The van der Waals surface area contributed by atoms with E-state index in [4.69, 9.17) is 4.74 Å². The van der Waals surface area contributed by atoms with E-state index in [9.17, 15) is 0 Å². The van der Waals surface area contributed by atoms with E-state index in [0.717, 1.165) is 19.4 Å². The van der Waals surface area contributed by atoms with Crippen molar-refractivity contribution in [1.29, 1.82) is 0 Å². The first-order chi connectivity index (χ1) is 8.14. The van der Waals surface area contributed by atoms with Crippen LogP contribution in [0.25, 0.3) is 0 Å². The van der Waals surface area contributed by atoms with E-state index in [1.807, 2.05) is 0 Å². The molecule has 1 aliphatic heterocycles. The van der Waals surface area contributed by atoms with Gasteiger partial charge in [-0.2, -0.15) is 0 Å². The molecule has 0 amide bonds. The van der Waals surface area contributed by atoms with Crippen LogP contribution in [0.2, 0.25) is 0 Å². The summed E-state index contributed by atoms with van der Waals surface area (Å²) in [5.41, 5.74) is 1.48. The molecule has 94 valence electrons. The van der Waals surface area contributed by atoms with Gasteiger partial charge in [0.2, 0.25) is 0 Å². The molecule has 2 nitrogen and oxygen atoms in total. The predicted molar refractivity (Wildman–Crippen MR) is 71.0 cm³/mol. The molecule has 0 bridgehead atoms. The van der Waals surface area contributed by atoms with E-state index < -0.39 is 0 Å². The first-order valence-electron chi connectivity index (χ1n) is 6.59. The summed E-state index contributed by atoms with van der Waals surface area (Å²) in [6.45, 7) is 7.58. The van der Waals surface area contributed by atoms with E-state index in [-0.39, 0.29) is 11.6 Å². The Morgan fingerprint density at radius 3 is 2.71 bits per heavy atom. The lowest BCUT2D eigenvalue weighted by molar-refractivity contribution is 0.0460. The Balaban J connectivity index is 2.16. The van der Waals surface area contributed by atoms with Crippen LogP contribution in [0.1, 0.15) is 45.3 Å². The van der Waals surface area contributed by atoms with Crippen LogP contribution in [0, 0.1) is 0 Å². The summed E-state index contributed by atoms with van der Waals surface area (Å²) in [6.07, 6.45) is 2.39. The quantitative estimate of drug-likeness (QED) is 0.846. The minimum Gasteiger partial charge on any atom is -0.372 e. The van der Waals surface area contributed by atoms with E-state index in [1.165, 1.54) is 5.56 Å². The van der Waals surface area contributed by atoms with Gasteiger partial charge in [0.25, 0.3) is 0 Å². The number of nitrogens with one attached hydrogen (secondary N) is 1. The zero-order chi connectivity index (χ0) is 12.3. The molecule has 0 aromatic heterocycles. The van der Waals surface area contributed by atoms with Crippen molar-refractivity contribution in [2.45, 2.75) is 51.3 Å². The second kappa shape index (κ2) is 5.19. The van der Waals surface area contributed by atoms with Gasteiger partial charge < -0.3 is 10.1 Å². The maximum atomic E-state index is 6.04. The van der Waals surface area contributed by atoms with Gasteiger partial charge in [0.1, 0.15) is 0 Å².